The van der Waals surface area contributed by atoms with E-state index in [0.717, 1.165) is 6.54 Å². The molecule has 0 aromatic carbocycles. The van der Waals surface area contributed by atoms with Gasteiger partial charge in [-0.2, -0.15) is 0 Å². The minimum atomic E-state index is 0.389. The molecule has 1 aromatic heterocycles. The van der Waals surface area contributed by atoms with Gasteiger partial charge in [0.15, 0.2) is 0 Å². The second-order valence-electron chi connectivity index (χ2n) is 5.24. The summed E-state index contributed by atoms with van der Waals surface area (Å²) in [6, 6.07) is 5.39. The molecular weight excluding hydrogens is 240 g/mol. The van der Waals surface area contributed by atoms with Crippen LogP contribution < -0.4 is 5.73 Å². The van der Waals surface area contributed by atoms with E-state index in [4.69, 9.17) is 5.73 Å². The van der Waals surface area contributed by atoms with Gasteiger partial charge in [-0.3, -0.25) is 4.90 Å². The van der Waals surface area contributed by atoms with Crippen LogP contribution in [0.25, 0.3) is 0 Å². The first kappa shape index (κ1) is 15.7. The molecule has 1 rings (SSSR count). The monoisotopic (exact) mass is 268 g/mol. The summed E-state index contributed by atoms with van der Waals surface area (Å²) >= 11 is 1.88. The summed E-state index contributed by atoms with van der Waals surface area (Å²) in [7, 11) is 0. The van der Waals surface area contributed by atoms with Gasteiger partial charge in [0.1, 0.15) is 0 Å². The smallest absolute Gasteiger partial charge is 0.0566 e. The Hall–Kier alpha value is -0.380. The molecule has 2 N–H and O–H groups in total. The van der Waals surface area contributed by atoms with Crippen molar-refractivity contribution in [1.82, 2.24) is 4.90 Å². The fourth-order valence-electron chi connectivity index (χ4n) is 2.37. The standard InChI is InChI=1S/C15H28N2S/c1-5-6-7-10-17(12(2)3)14(11-16)15-9-8-13(4)18-15/h8-9,12,14H,5-7,10-11,16H2,1-4H3. The first-order valence-corrected chi connectivity index (χ1v) is 7.94. The van der Waals surface area contributed by atoms with Gasteiger partial charge in [0.25, 0.3) is 0 Å². The lowest BCUT2D eigenvalue weighted by atomic mass is 10.1. The highest BCUT2D eigenvalue weighted by atomic mass is 32.1. The molecule has 1 aromatic rings. The molecule has 0 fully saturated rings. The van der Waals surface area contributed by atoms with Crippen molar-refractivity contribution < 1.29 is 0 Å². The number of nitrogens with zero attached hydrogens (tertiary/aromatic N) is 1. The molecule has 1 heterocycles. The Balaban J connectivity index is 2.74. The van der Waals surface area contributed by atoms with Crippen LogP contribution >= 0.6 is 11.3 Å². The molecule has 3 heteroatoms. The first-order valence-electron chi connectivity index (χ1n) is 7.12. The van der Waals surface area contributed by atoms with Crippen LogP contribution in [0.15, 0.2) is 12.1 Å². The number of aryl methyl sites for hydroxylation is 1. The quantitative estimate of drug-likeness (QED) is 0.723. The molecule has 2 nitrogen and oxygen atoms in total. The van der Waals surface area contributed by atoms with Crippen molar-refractivity contribution in [3.8, 4) is 0 Å². The third-order valence-electron chi connectivity index (χ3n) is 3.40. The molecule has 0 amide bonds. The van der Waals surface area contributed by atoms with Gasteiger partial charge in [-0.25, -0.2) is 0 Å². The highest BCUT2D eigenvalue weighted by molar-refractivity contribution is 7.12. The SMILES string of the molecule is CCCCCN(C(C)C)C(CN)c1ccc(C)s1. The lowest BCUT2D eigenvalue weighted by Gasteiger charge is -2.33. The Labute approximate surface area is 116 Å². The molecule has 0 aliphatic heterocycles. The normalized spacial score (nSPS) is 13.5. The Morgan fingerprint density at radius 1 is 1.28 bits per heavy atom. The Bertz CT molecular complexity index is 333. The van der Waals surface area contributed by atoms with Crippen LogP contribution in [0.4, 0.5) is 0 Å². The summed E-state index contributed by atoms with van der Waals surface area (Å²) in [6.45, 7) is 10.8. The molecule has 0 saturated heterocycles. The van der Waals surface area contributed by atoms with Crippen LogP contribution in [0.3, 0.4) is 0 Å². The minimum absolute atomic E-state index is 0.389. The Morgan fingerprint density at radius 2 is 2.00 bits per heavy atom. The van der Waals surface area contributed by atoms with Crippen molar-refractivity contribution >= 4 is 11.3 Å². The zero-order chi connectivity index (χ0) is 13.5. The van der Waals surface area contributed by atoms with Gasteiger partial charge in [0.2, 0.25) is 0 Å². The van der Waals surface area contributed by atoms with Gasteiger partial charge in [-0.15, -0.1) is 11.3 Å². The molecule has 0 bridgehead atoms. The Kier molecular flexibility index (Phi) is 6.90. The lowest BCUT2D eigenvalue weighted by Crippen LogP contribution is -2.39. The van der Waals surface area contributed by atoms with Crippen molar-refractivity contribution in [2.24, 2.45) is 5.73 Å². The maximum absolute atomic E-state index is 6.02. The number of thiophene rings is 1. The molecule has 104 valence electrons. The predicted octanol–water partition coefficient (Wildman–Crippen LogP) is 3.96. The van der Waals surface area contributed by atoms with Crippen molar-refractivity contribution in [2.45, 2.75) is 59.0 Å². The van der Waals surface area contributed by atoms with Gasteiger partial charge < -0.3 is 5.73 Å². The summed E-state index contributed by atoms with van der Waals surface area (Å²) in [5.41, 5.74) is 6.02. The fourth-order valence-corrected chi connectivity index (χ4v) is 3.38. The van der Waals surface area contributed by atoms with Crippen LogP contribution in [-0.2, 0) is 0 Å². The number of hydrogen-bond donors (Lipinski definition) is 1. The van der Waals surface area contributed by atoms with Crippen molar-refractivity contribution in [3.05, 3.63) is 21.9 Å². The topological polar surface area (TPSA) is 29.3 Å². The van der Waals surface area contributed by atoms with Gasteiger partial charge in [0, 0.05) is 22.3 Å². The van der Waals surface area contributed by atoms with E-state index in [1.54, 1.807) is 0 Å². The van der Waals surface area contributed by atoms with E-state index in [1.165, 1.54) is 29.0 Å². The molecule has 1 atom stereocenters. The van der Waals surface area contributed by atoms with E-state index in [1.807, 2.05) is 11.3 Å². The van der Waals surface area contributed by atoms with Crippen molar-refractivity contribution in [2.75, 3.05) is 13.1 Å². The molecule has 1 unspecified atom stereocenters. The zero-order valence-electron chi connectivity index (χ0n) is 12.3. The lowest BCUT2D eigenvalue weighted by molar-refractivity contribution is 0.156. The maximum Gasteiger partial charge on any atom is 0.0566 e. The van der Waals surface area contributed by atoms with E-state index in [0.29, 0.717) is 18.6 Å². The molecular formula is C15H28N2S. The van der Waals surface area contributed by atoms with Crippen LogP contribution in [-0.4, -0.2) is 24.0 Å². The minimum Gasteiger partial charge on any atom is -0.329 e. The van der Waals surface area contributed by atoms with E-state index in [9.17, 15) is 0 Å². The van der Waals surface area contributed by atoms with Crippen molar-refractivity contribution in [3.63, 3.8) is 0 Å². The van der Waals surface area contributed by atoms with Crippen LogP contribution in [0.1, 0.15) is 55.8 Å². The third-order valence-corrected chi connectivity index (χ3v) is 4.50. The van der Waals surface area contributed by atoms with Gasteiger partial charge in [0.05, 0.1) is 6.04 Å². The van der Waals surface area contributed by atoms with Gasteiger partial charge in [-0.05, 0) is 45.9 Å². The summed E-state index contributed by atoms with van der Waals surface area (Å²) in [4.78, 5) is 5.35. The van der Waals surface area contributed by atoms with E-state index in [-0.39, 0.29) is 0 Å². The molecule has 0 spiro atoms. The maximum atomic E-state index is 6.02. The fraction of sp³-hybridized carbons (Fsp3) is 0.733. The van der Waals surface area contributed by atoms with Crippen molar-refractivity contribution in [1.29, 1.82) is 0 Å². The first-order chi connectivity index (χ1) is 8.60. The summed E-state index contributed by atoms with van der Waals surface area (Å²) < 4.78 is 0. The average Bonchev–Trinajstić information content (AvgIpc) is 2.74. The van der Waals surface area contributed by atoms with Gasteiger partial charge >= 0.3 is 0 Å². The largest absolute Gasteiger partial charge is 0.329 e. The van der Waals surface area contributed by atoms with Crippen LogP contribution in [0.5, 0.6) is 0 Å². The second kappa shape index (κ2) is 7.93. The van der Waals surface area contributed by atoms with E-state index >= 15 is 0 Å². The molecule has 0 aliphatic rings. The molecule has 0 aliphatic carbocycles. The zero-order valence-corrected chi connectivity index (χ0v) is 13.1. The summed E-state index contributed by atoms with van der Waals surface area (Å²) in [5, 5.41) is 0. The highest BCUT2D eigenvalue weighted by Gasteiger charge is 2.22. The molecule has 0 saturated carbocycles. The Morgan fingerprint density at radius 3 is 2.44 bits per heavy atom. The summed E-state index contributed by atoms with van der Waals surface area (Å²) in [6.07, 6.45) is 3.86. The molecule has 0 radical (unpaired) electrons. The van der Waals surface area contributed by atoms with E-state index < -0.39 is 0 Å². The number of hydrogen-bond acceptors (Lipinski definition) is 3. The number of unbranched alkanes of at least 4 members (excludes halogenated alkanes) is 2. The summed E-state index contributed by atoms with van der Waals surface area (Å²) in [5.74, 6) is 0. The predicted molar refractivity (Wildman–Crippen MR) is 82.2 cm³/mol. The van der Waals surface area contributed by atoms with Crippen LogP contribution in [0.2, 0.25) is 0 Å². The van der Waals surface area contributed by atoms with Crippen LogP contribution in [0, 0.1) is 6.92 Å². The van der Waals surface area contributed by atoms with Gasteiger partial charge in [-0.1, -0.05) is 19.8 Å². The average molecular weight is 268 g/mol. The second-order valence-corrected chi connectivity index (χ2v) is 6.56. The third kappa shape index (κ3) is 4.38. The van der Waals surface area contributed by atoms with E-state index in [2.05, 4.69) is 44.7 Å². The highest BCUT2D eigenvalue weighted by Crippen LogP contribution is 2.28. The molecule has 18 heavy (non-hydrogen) atoms. The number of rotatable bonds is 8. The number of nitrogens with two attached hydrogens (primary N) is 1.